The molecule has 244 valence electrons. The van der Waals surface area contributed by atoms with Gasteiger partial charge >= 0.3 is 0 Å². The second-order valence-corrected chi connectivity index (χ2v) is 13.5. The lowest BCUT2D eigenvalue weighted by atomic mass is 9.92. The van der Waals surface area contributed by atoms with E-state index in [4.69, 9.17) is 23.8 Å². The minimum atomic E-state index is 0.588. The molecule has 0 saturated heterocycles. The summed E-state index contributed by atoms with van der Waals surface area (Å²) in [7, 11) is 0. The summed E-state index contributed by atoms with van der Waals surface area (Å²) in [6.45, 7) is 0. The number of furan rings is 2. The maximum atomic E-state index is 6.61. The maximum absolute atomic E-state index is 6.61. The van der Waals surface area contributed by atoms with Crippen molar-refractivity contribution in [3.8, 4) is 45.3 Å². The van der Waals surface area contributed by atoms with Gasteiger partial charge in [-0.25, -0.2) is 15.0 Å². The molecule has 1 aliphatic rings. The first-order valence-electron chi connectivity index (χ1n) is 17.7. The minimum absolute atomic E-state index is 0.588. The highest BCUT2D eigenvalue weighted by molar-refractivity contribution is 6.22. The molecule has 5 nitrogen and oxygen atoms in total. The van der Waals surface area contributed by atoms with E-state index in [-0.39, 0.29) is 0 Å². The van der Waals surface area contributed by atoms with Crippen LogP contribution in [0, 0.1) is 0 Å². The van der Waals surface area contributed by atoms with Crippen molar-refractivity contribution < 1.29 is 8.83 Å². The number of benzene rings is 7. The highest BCUT2D eigenvalue weighted by atomic mass is 16.3. The van der Waals surface area contributed by atoms with E-state index in [0.717, 1.165) is 95.3 Å². The van der Waals surface area contributed by atoms with E-state index in [1.165, 1.54) is 11.1 Å². The zero-order valence-corrected chi connectivity index (χ0v) is 28.0. The van der Waals surface area contributed by atoms with Crippen molar-refractivity contribution >= 4 is 60.7 Å². The summed E-state index contributed by atoms with van der Waals surface area (Å²) in [6, 6.07) is 48.2. The lowest BCUT2D eigenvalue weighted by Crippen LogP contribution is -2.02. The number of allylic oxidation sites excluding steroid dienone is 1. The zero-order valence-electron chi connectivity index (χ0n) is 28.0. The summed E-state index contributed by atoms with van der Waals surface area (Å²) < 4.78 is 13.1. The van der Waals surface area contributed by atoms with Crippen LogP contribution in [0.5, 0.6) is 0 Å². The van der Waals surface area contributed by atoms with Crippen molar-refractivity contribution in [1.82, 2.24) is 15.0 Å². The Morgan fingerprint density at radius 2 is 1.06 bits per heavy atom. The molecule has 5 heteroatoms. The second kappa shape index (κ2) is 11.3. The van der Waals surface area contributed by atoms with E-state index in [9.17, 15) is 0 Å². The molecule has 0 fully saturated rings. The molecule has 52 heavy (non-hydrogen) atoms. The van der Waals surface area contributed by atoms with Gasteiger partial charge in [0.2, 0.25) is 0 Å². The molecule has 0 aliphatic heterocycles. The van der Waals surface area contributed by atoms with E-state index in [1.54, 1.807) is 0 Å². The van der Waals surface area contributed by atoms with Gasteiger partial charge in [0.1, 0.15) is 22.3 Å². The van der Waals surface area contributed by atoms with Crippen molar-refractivity contribution in [2.75, 3.05) is 0 Å². The number of aryl methyl sites for hydroxylation is 1. The fourth-order valence-electron chi connectivity index (χ4n) is 7.92. The topological polar surface area (TPSA) is 65.0 Å². The number of hydrogen-bond acceptors (Lipinski definition) is 5. The SMILES string of the molecule is C1=Cc2cc(-c3nc(-c4ccccc4)nc(-c4cc(-c5cc6oc7ccccc7c6c6ccccc56)cc5oc6ccccc6c45)n3)ccc2CC1. The van der Waals surface area contributed by atoms with Crippen molar-refractivity contribution in [1.29, 1.82) is 0 Å². The van der Waals surface area contributed by atoms with Gasteiger partial charge in [-0.1, -0.05) is 115 Å². The van der Waals surface area contributed by atoms with Crippen LogP contribution >= 0.6 is 0 Å². The molecule has 11 rings (SSSR count). The first-order chi connectivity index (χ1) is 25.7. The van der Waals surface area contributed by atoms with Crippen molar-refractivity contribution in [3.63, 3.8) is 0 Å². The second-order valence-electron chi connectivity index (χ2n) is 13.5. The predicted octanol–water partition coefficient (Wildman–Crippen LogP) is 12.5. The molecule has 3 aromatic heterocycles. The molecule has 0 N–H and O–H groups in total. The van der Waals surface area contributed by atoms with Crippen molar-refractivity contribution in [2.45, 2.75) is 12.8 Å². The van der Waals surface area contributed by atoms with Crippen LogP contribution in [0.15, 0.2) is 154 Å². The van der Waals surface area contributed by atoms with Gasteiger partial charge in [-0.2, -0.15) is 0 Å². The number of aromatic nitrogens is 3. The van der Waals surface area contributed by atoms with Crippen molar-refractivity contribution in [3.05, 3.63) is 157 Å². The Labute approximate surface area is 298 Å². The first-order valence-corrected chi connectivity index (χ1v) is 17.7. The smallest absolute Gasteiger partial charge is 0.164 e. The molecule has 0 unspecified atom stereocenters. The van der Waals surface area contributed by atoms with Crippen LogP contribution < -0.4 is 0 Å². The van der Waals surface area contributed by atoms with Gasteiger partial charge in [0.05, 0.1) is 0 Å². The number of fused-ring (bicyclic) bond motifs is 9. The summed E-state index contributed by atoms with van der Waals surface area (Å²) in [5.74, 6) is 1.84. The monoisotopic (exact) mass is 667 g/mol. The summed E-state index contributed by atoms with van der Waals surface area (Å²) in [4.78, 5) is 15.5. The molecular weight excluding hydrogens is 639 g/mol. The molecule has 10 aromatic rings. The Morgan fingerprint density at radius 3 is 1.85 bits per heavy atom. The van der Waals surface area contributed by atoms with E-state index in [0.29, 0.717) is 17.5 Å². The van der Waals surface area contributed by atoms with Crippen LogP contribution in [-0.2, 0) is 6.42 Å². The van der Waals surface area contributed by atoms with Crippen LogP contribution in [0.3, 0.4) is 0 Å². The van der Waals surface area contributed by atoms with Gasteiger partial charge in [-0.3, -0.25) is 0 Å². The van der Waals surface area contributed by atoms with Crippen LogP contribution in [0.2, 0.25) is 0 Å². The average Bonchev–Trinajstić information content (AvgIpc) is 3.78. The van der Waals surface area contributed by atoms with E-state index in [1.807, 2.05) is 60.7 Å². The lowest BCUT2D eigenvalue weighted by Gasteiger charge is -2.14. The Kier molecular flexibility index (Phi) is 6.31. The normalized spacial score (nSPS) is 12.8. The number of nitrogens with zero attached hydrogens (tertiary/aromatic N) is 3. The predicted molar refractivity (Wildman–Crippen MR) is 211 cm³/mol. The Balaban J connectivity index is 1.21. The Morgan fingerprint density at radius 1 is 0.423 bits per heavy atom. The maximum Gasteiger partial charge on any atom is 0.164 e. The molecule has 3 heterocycles. The minimum Gasteiger partial charge on any atom is -0.456 e. The van der Waals surface area contributed by atoms with E-state index < -0.39 is 0 Å². The van der Waals surface area contributed by atoms with Gasteiger partial charge < -0.3 is 8.83 Å². The number of para-hydroxylation sites is 2. The van der Waals surface area contributed by atoms with Gasteiger partial charge in [-0.05, 0) is 82.3 Å². The average molecular weight is 668 g/mol. The molecule has 0 saturated carbocycles. The quantitative estimate of drug-likeness (QED) is 0.187. The molecule has 1 aliphatic carbocycles. The summed E-state index contributed by atoms with van der Waals surface area (Å²) in [6.07, 6.45) is 6.54. The van der Waals surface area contributed by atoms with Crippen LogP contribution in [0.1, 0.15) is 17.5 Å². The van der Waals surface area contributed by atoms with E-state index >= 15 is 0 Å². The van der Waals surface area contributed by atoms with Gasteiger partial charge in [-0.15, -0.1) is 0 Å². The van der Waals surface area contributed by atoms with Crippen LogP contribution in [0.25, 0.3) is 106 Å². The van der Waals surface area contributed by atoms with Gasteiger partial charge in [0.15, 0.2) is 17.5 Å². The van der Waals surface area contributed by atoms with Gasteiger partial charge in [0, 0.05) is 38.2 Å². The molecular formula is C47H29N3O2. The highest BCUT2D eigenvalue weighted by Crippen LogP contribution is 2.44. The fourth-order valence-corrected chi connectivity index (χ4v) is 7.92. The van der Waals surface area contributed by atoms with Crippen molar-refractivity contribution in [2.24, 2.45) is 0 Å². The third-order valence-electron chi connectivity index (χ3n) is 10.4. The molecule has 0 amide bonds. The zero-order chi connectivity index (χ0) is 34.2. The number of hydrogen-bond donors (Lipinski definition) is 0. The summed E-state index contributed by atoms with van der Waals surface area (Å²) >= 11 is 0. The first kappa shape index (κ1) is 28.9. The molecule has 7 aromatic carbocycles. The molecule has 0 atom stereocenters. The summed E-state index contributed by atoms with van der Waals surface area (Å²) in [5.41, 5.74) is 10.7. The largest absolute Gasteiger partial charge is 0.456 e. The molecule has 0 spiro atoms. The Hall–Kier alpha value is -6.85. The molecule has 0 radical (unpaired) electrons. The Bertz CT molecular complexity index is 3080. The standard InChI is InChI=1S/C47H29N3O2/c1-2-13-29(14-3-1)45-48-46(31-23-22-28-12-4-5-15-30(28)24-31)50-47(49-45)38-25-32(26-41-44(38)36-19-9-11-21-40(36)51-41)37-27-42-43(34-17-7-6-16-33(34)37)35-18-8-10-20-39(35)52-42/h1-3,5-11,13-27H,4,12H2. The van der Waals surface area contributed by atoms with Crippen LogP contribution in [0.4, 0.5) is 0 Å². The highest BCUT2D eigenvalue weighted by Gasteiger charge is 2.22. The van der Waals surface area contributed by atoms with Gasteiger partial charge in [0.25, 0.3) is 0 Å². The molecule has 0 bridgehead atoms. The lowest BCUT2D eigenvalue weighted by molar-refractivity contribution is 0.668. The number of rotatable bonds is 4. The third-order valence-corrected chi connectivity index (χ3v) is 10.4. The third kappa shape index (κ3) is 4.53. The summed E-state index contributed by atoms with van der Waals surface area (Å²) in [5, 5.41) is 6.48. The fraction of sp³-hybridized carbons (Fsp3) is 0.0426. The van der Waals surface area contributed by atoms with Crippen LogP contribution in [-0.4, -0.2) is 15.0 Å². The van der Waals surface area contributed by atoms with E-state index in [2.05, 4.69) is 91.0 Å².